The molecule has 7 nitrogen and oxygen atoms in total. The van der Waals surface area contributed by atoms with Gasteiger partial charge in [-0.1, -0.05) is 29.5 Å². The monoisotopic (exact) mass is 356 g/mol. The lowest BCUT2D eigenvalue weighted by molar-refractivity contribution is -0.113. The Morgan fingerprint density at radius 2 is 1.92 bits per heavy atom. The third-order valence-electron chi connectivity index (χ3n) is 3.74. The van der Waals surface area contributed by atoms with E-state index in [0.29, 0.717) is 5.16 Å². The van der Waals surface area contributed by atoms with Crippen molar-refractivity contribution in [1.82, 2.24) is 25.0 Å². The number of carbonyl (C=O) groups excluding carboxylic acids is 1. The topological polar surface area (TPSA) is 88.5 Å². The lowest BCUT2D eigenvalue weighted by Crippen LogP contribution is -2.15. The molecule has 8 heteroatoms. The van der Waals surface area contributed by atoms with E-state index < -0.39 is 0 Å². The summed E-state index contributed by atoms with van der Waals surface area (Å²) in [6.45, 7) is 7.70. The molecule has 3 rings (SSSR count). The average Bonchev–Trinajstić information content (AvgIpc) is 3.12. The summed E-state index contributed by atoms with van der Waals surface area (Å²) in [7, 11) is 0. The first-order valence-electron chi connectivity index (χ1n) is 7.89. The molecule has 3 aromatic rings. The average molecular weight is 356 g/mol. The molecule has 2 aromatic heterocycles. The van der Waals surface area contributed by atoms with Crippen molar-refractivity contribution in [3.63, 3.8) is 0 Å². The molecule has 0 saturated carbocycles. The van der Waals surface area contributed by atoms with Crippen LogP contribution in [-0.2, 0) is 4.79 Å². The number of rotatable bonds is 5. The highest BCUT2D eigenvalue weighted by Gasteiger charge is 2.16. The van der Waals surface area contributed by atoms with Crippen LogP contribution < -0.4 is 5.32 Å². The van der Waals surface area contributed by atoms with E-state index in [1.54, 1.807) is 0 Å². The van der Waals surface area contributed by atoms with Gasteiger partial charge in [-0.15, -0.1) is 5.10 Å². The number of amides is 1. The Morgan fingerprint density at radius 1 is 1.20 bits per heavy atom. The second-order valence-corrected chi connectivity index (χ2v) is 6.78. The molecule has 0 aliphatic rings. The van der Waals surface area contributed by atoms with Gasteiger partial charge in [-0.2, -0.15) is 5.10 Å². The number of benzene rings is 1. The van der Waals surface area contributed by atoms with Crippen LogP contribution in [0.5, 0.6) is 0 Å². The molecule has 130 valence electrons. The van der Waals surface area contributed by atoms with Crippen LogP contribution >= 0.6 is 11.8 Å². The predicted octanol–water partition coefficient (Wildman–Crippen LogP) is 2.95. The van der Waals surface area contributed by atoms with E-state index in [0.717, 1.165) is 28.6 Å². The second kappa shape index (κ2) is 7.10. The van der Waals surface area contributed by atoms with Gasteiger partial charge in [0.05, 0.1) is 28.5 Å². The fourth-order valence-corrected chi connectivity index (χ4v) is 3.10. The molecule has 0 saturated heterocycles. The standard InChI is InChI=1S/C17H20N6OS/c1-10-5-7-14(8-6-10)23-12(3)16(11(2)22-23)19-15(24)9-25-17-18-13(4)20-21-17/h5-8H,9H2,1-4H3,(H,19,24)(H,18,20,21). The molecule has 0 spiro atoms. The van der Waals surface area contributed by atoms with Crippen LogP contribution in [0, 0.1) is 27.7 Å². The highest BCUT2D eigenvalue weighted by atomic mass is 32.2. The first kappa shape index (κ1) is 17.2. The van der Waals surface area contributed by atoms with E-state index in [1.165, 1.54) is 17.3 Å². The minimum Gasteiger partial charge on any atom is -0.322 e. The fraction of sp³-hybridized carbons (Fsp3) is 0.294. The van der Waals surface area contributed by atoms with E-state index in [-0.39, 0.29) is 11.7 Å². The number of aromatic amines is 1. The molecule has 0 atom stereocenters. The van der Waals surface area contributed by atoms with Gasteiger partial charge in [0.2, 0.25) is 11.1 Å². The number of carbonyl (C=O) groups is 1. The molecule has 0 unspecified atom stereocenters. The smallest absolute Gasteiger partial charge is 0.234 e. The lowest BCUT2D eigenvalue weighted by atomic mass is 10.2. The summed E-state index contributed by atoms with van der Waals surface area (Å²) in [4.78, 5) is 16.4. The van der Waals surface area contributed by atoms with Crippen LogP contribution in [-0.4, -0.2) is 36.6 Å². The molecular formula is C17H20N6OS. The zero-order valence-electron chi connectivity index (χ0n) is 14.6. The van der Waals surface area contributed by atoms with Crippen molar-refractivity contribution in [3.8, 4) is 5.69 Å². The number of nitrogens with one attached hydrogen (secondary N) is 2. The summed E-state index contributed by atoms with van der Waals surface area (Å²) in [5, 5.41) is 14.8. The van der Waals surface area contributed by atoms with Crippen molar-refractivity contribution in [3.05, 3.63) is 47.0 Å². The van der Waals surface area contributed by atoms with Crippen molar-refractivity contribution in [1.29, 1.82) is 0 Å². The molecule has 0 fully saturated rings. The van der Waals surface area contributed by atoms with Gasteiger partial charge in [0.15, 0.2) is 0 Å². The van der Waals surface area contributed by atoms with Gasteiger partial charge in [0.25, 0.3) is 0 Å². The lowest BCUT2D eigenvalue weighted by Gasteiger charge is -2.07. The van der Waals surface area contributed by atoms with Crippen LogP contribution in [0.4, 0.5) is 5.69 Å². The number of aromatic nitrogens is 5. The molecule has 0 bridgehead atoms. The number of anilines is 1. The number of thioether (sulfide) groups is 1. The summed E-state index contributed by atoms with van der Waals surface area (Å²) in [6.07, 6.45) is 0. The maximum atomic E-state index is 12.3. The maximum absolute atomic E-state index is 12.3. The van der Waals surface area contributed by atoms with E-state index in [1.807, 2.05) is 56.6 Å². The summed E-state index contributed by atoms with van der Waals surface area (Å²) in [6, 6.07) is 8.11. The molecule has 1 aromatic carbocycles. The molecule has 2 heterocycles. The summed E-state index contributed by atoms with van der Waals surface area (Å²) >= 11 is 1.29. The number of nitrogens with zero attached hydrogens (tertiary/aromatic N) is 4. The second-order valence-electron chi connectivity index (χ2n) is 5.83. The summed E-state index contributed by atoms with van der Waals surface area (Å²) in [5.41, 5.74) is 4.59. The zero-order valence-corrected chi connectivity index (χ0v) is 15.4. The highest BCUT2D eigenvalue weighted by Crippen LogP contribution is 2.23. The Balaban J connectivity index is 1.72. The Morgan fingerprint density at radius 3 is 2.56 bits per heavy atom. The molecular weight excluding hydrogens is 336 g/mol. The third-order valence-corrected chi connectivity index (χ3v) is 4.59. The number of hydrogen-bond acceptors (Lipinski definition) is 5. The van der Waals surface area contributed by atoms with Crippen LogP contribution in [0.3, 0.4) is 0 Å². The summed E-state index contributed by atoms with van der Waals surface area (Å²) in [5.74, 6) is 0.863. The van der Waals surface area contributed by atoms with Gasteiger partial charge in [-0.05, 0) is 39.8 Å². The van der Waals surface area contributed by atoms with Crippen molar-refractivity contribution < 1.29 is 4.79 Å². The van der Waals surface area contributed by atoms with Crippen molar-refractivity contribution in [2.45, 2.75) is 32.9 Å². The SMILES string of the molecule is Cc1ccc(-n2nc(C)c(NC(=O)CSc3n[nH]c(C)n3)c2C)cc1. The number of H-pyrrole nitrogens is 1. The number of aryl methyl sites for hydroxylation is 3. The van der Waals surface area contributed by atoms with Crippen LogP contribution in [0.1, 0.15) is 22.8 Å². The van der Waals surface area contributed by atoms with Gasteiger partial charge in [0.1, 0.15) is 5.82 Å². The quantitative estimate of drug-likeness (QED) is 0.686. The Bertz CT molecular complexity index is 897. The molecule has 2 N–H and O–H groups in total. The third kappa shape index (κ3) is 3.90. The van der Waals surface area contributed by atoms with E-state index in [2.05, 4.69) is 25.6 Å². The zero-order chi connectivity index (χ0) is 18.0. The van der Waals surface area contributed by atoms with E-state index >= 15 is 0 Å². The predicted molar refractivity (Wildman–Crippen MR) is 98.2 cm³/mol. The van der Waals surface area contributed by atoms with Crippen LogP contribution in [0.15, 0.2) is 29.4 Å². The molecule has 0 aliphatic heterocycles. The van der Waals surface area contributed by atoms with E-state index in [9.17, 15) is 4.79 Å². The normalized spacial score (nSPS) is 10.9. The largest absolute Gasteiger partial charge is 0.322 e. The fourth-order valence-electron chi connectivity index (χ4n) is 2.45. The minimum atomic E-state index is -0.109. The Kier molecular flexibility index (Phi) is 4.89. The number of hydrogen-bond donors (Lipinski definition) is 2. The molecule has 0 radical (unpaired) electrons. The van der Waals surface area contributed by atoms with Gasteiger partial charge in [-0.25, -0.2) is 9.67 Å². The highest BCUT2D eigenvalue weighted by molar-refractivity contribution is 7.99. The molecule has 0 aliphatic carbocycles. The summed E-state index contributed by atoms with van der Waals surface area (Å²) < 4.78 is 1.84. The first-order chi connectivity index (χ1) is 11.9. The van der Waals surface area contributed by atoms with Crippen LogP contribution in [0.2, 0.25) is 0 Å². The van der Waals surface area contributed by atoms with E-state index in [4.69, 9.17) is 0 Å². The van der Waals surface area contributed by atoms with Crippen molar-refractivity contribution in [2.24, 2.45) is 0 Å². The van der Waals surface area contributed by atoms with Crippen molar-refractivity contribution in [2.75, 3.05) is 11.1 Å². The van der Waals surface area contributed by atoms with Gasteiger partial charge in [0, 0.05) is 0 Å². The van der Waals surface area contributed by atoms with Gasteiger partial charge in [-0.3, -0.25) is 9.89 Å². The Hall–Kier alpha value is -2.61. The van der Waals surface area contributed by atoms with Crippen LogP contribution in [0.25, 0.3) is 5.69 Å². The minimum absolute atomic E-state index is 0.109. The van der Waals surface area contributed by atoms with Gasteiger partial charge >= 0.3 is 0 Å². The molecule has 25 heavy (non-hydrogen) atoms. The maximum Gasteiger partial charge on any atom is 0.234 e. The van der Waals surface area contributed by atoms with Crippen molar-refractivity contribution >= 4 is 23.4 Å². The Labute approximate surface area is 150 Å². The molecule has 1 amide bonds. The van der Waals surface area contributed by atoms with Gasteiger partial charge < -0.3 is 5.32 Å². The first-order valence-corrected chi connectivity index (χ1v) is 8.87.